The van der Waals surface area contributed by atoms with Crippen molar-refractivity contribution in [1.82, 2.24) is 0 Å². The van der Waals surface area contributed by atoms with E-state index in [0.29, 0.717) is 6.61 Å². The summed E-state index contributed by atoms with van der Waals surface area (Å²) in [6.45, 7) is 1.80. The molecule has 0 saturated carbocycles. The predicted molar refractivity (Wildman–Crippen MR) is 64.0 cm³/mol. The van der Waals surface area contributed by atoms with E-state index < -0.39 is 0 Å². The molecule has 0 unspecified atom stereocenters. The van der Waals surface area contributed by atoms with E-state index in [9.17, 15) is 4.79 Å². The van der Waals surface area contributed by atoms with E-state index >= 15 is 0 Å². The molecule has 0 saturated heterocycles. The van der Waals surface area contributed by atoms with Crippen LogP contribution in [0.1, 0.15) is 18.1 Å². The molecule has 1 aromatic rings. The summed E-state index contributed by atoms with van der Waals surface area (Å²) in [7, 11) is 0. The monoisotopic (exact) mass is 224 g/mol. The number of ether oxygens (including phenoxy) is 1. The Hall–Kier alpha value is -0.960. The van der Waals surface area contributed by atoms with Crippen molar-refractivity contribution >= 4 is 17.7 Å². The van der Waals surface area contributed by atoms with Crippen molar-refractivity contribution in [3.63, 3.8) is 0 Å². The van der Waals surface area contributed by atoms with Gasteiger partial charge >= 0.3 is 5.97 Å². The predicted octanol–water partition coefficient (Wildman–Crippen LogP) is 2.66. The molecule has 0 aliphatic heterocycles. The lowest BCUT2D eigenvalue weighted by Crippen LogP contribution is -1.98. The van der Waals surface area contributed by atoms with E-state index in [1.165, 1.54) is 12.5 Å². The Labute approximate surface area is 95.0 Å². The summed E-state index contributed by atoms with van der Waals surface area (Å²) in [6.07, 6.45) is 3.20. The highest BCUT2D eigenvalue weighted by molar-refractivity contribution is 7.98. The van der Waals surface area contributed by atoms with Gasteiger partial charge in [-0.1, -0.05) is 24.3 Å². The zero-order valence-electron chi connectivity index (χ0n) is 9.16. The molecule has 1 rings (SSSR count). The third kappa shape index (κ3) is 4.88. The van der Waals surface area contributed by atoms with Crippen molar-refractivity contribution in [2.75, 3.05) is 12.0 Å². The molecule has 0 aliphatic carbocycles. The maximum absolute atomic E-state index is 10.6. The SMILES string of the molecule is CSCCc1ccc(COC(C)=O)cc1. The maximum Gasteiger partial charge on any atom is 0.302 e. The molecule has 1 aromatic carbocycles. The number of hydrogen-bond acceptors (Lipinski definition) is 3. The third-order valence-corrected chi connectivity index (χ3v) is 2.67. The summed E-state index contributed by atoms with van der Waals surface area (Å²) < 4.78 is 4.91. The molecule has 0 aliphatic rings. The second-order valence-corrected chi connectivity index (χ2v) is 4.33. The molecule has 0 heterocycles. The maximum atomic E-state index is 10.6. The molecule has 15 heavy (non-hydrogen) atoms. The molecule has 0 bridgehead atoms. The minimum atomic E-state index is -0.235. The number of rotatable bonds is 5. The van der Waals surface area contributed by atoms with Crippen molar-refractivity contribution in [3.05, 3.63) is 35.4 Å². The van der Waals surface area contributed by atoms with Gasteiger partial charge in [-0.2, -0.15) is 11.8 Å². The molecular weight excluding hydrogens is 208 g/mol. The van der Waals surface area contributed by atoms with Crippen molar-refractivity contribution < 1.29 is 9.53 Å². The van der Waals surface area contributed by atoms with E-state index in [4.69, 9.17) is 4.74 Å². The van der Waals surface area contributed by atoms with E-state index in [-0.39, 0.29) is 5.97 Å². The lowest BCUT2D eigenvalue weighted by atomic mass is 10.1. The Bertz CT molecular complexity index is 306. The Kier molecular flexibility index (Phi) is 5.26. The zero-order valence-corrected chi connectivity index (χ0v) is 9.97. The molecule has 2 nitrogen and oxygen atoms in total. The van der Waals surface area contributed by atoms with Gasteiger partial charge in [0.1, 0.15) is 6.61 Å². The lowest BCUT2D eigenvalue weighted by molar-refractivity contribution is -0.142. The van der Waals surface area contributed by atoms with Gasteiger partial charge in [-0.05, 0) is 29.6 Å². The molecular formula is C12H16O2S. The van der Waals surface area contributed by atoms with Crippen LogP contribution in [0.4, 0.5) is 0 Å². The molecule has 0 spiro atoms. The third-order valence-electron chi connectivity index (χ3n) is 2.06. The van der Waals surface area contributed by atoms with Gasteiger partial charge in [0.15, 0.2) is 0 Å². The van der Waals surface area contributed by atoms with Gasteiger partial charge in [-0.15, -0.1) is 0 Å². The number of esters is 1. The van der Waals surface area contributed by atoms with E-state index in [1.807, 2.05) is 23.9 Å². The summed E-state index contributed by atoms with van der Waals surface area (Å²) in [4.78, 5) is 10.6. The first kappa shape index (κ1) is 12.1. The molecule has 0 amide bonds. The lowest BCUT2D eigenvalue weighted by Gasteiger charge is -2.04. The number of thioether (sulfide) groups is 1. The molecule has 3 heteroatoms. The number of aryl methyl sites for hydroxylation is 1. The minimum absolute atomic E-state index is 0.235. The van der Waals surface area contributed by atoms with Crippen LogP contribution in [0.25, 0.3) is 0 Å². The van der Waals surface area contributed by atoms with Crippen molar-refractivity contribution in [2.24, 2.45) is 0 Å². The first-order valence-corrected chi connectivity index (χ1v) is 6.32. The zero-order chi connectivity index (χ0) is 11.1. The second kappa shape index (κ2) is 6.51. The fraction of sp³-hybridized carbons (Fsp3) is 0.417. The van der Waals surface area contributed by atoms with Gasteiger partial charge in [0.2, 0.25) is 0 Å². The number of hydrogen-bond donors (Lipinski definition) is 0. The van der Waals surface area contributed by atoms with Crippen LogP contribution in [0.15, 0.2) is 24.3 Å². The minimum Gasteiger partial charge on any atom is -0.461 e. The van der Waals surface area contributed by atoms with Crippen LogP contribution < -0.4 is 0 Å². The Morgan fingerprint density at radius 1 is 1.27 bits per heavy atom. The summed E-state index contributed by atoms with van der Waals surface area (Å²) in [5.74, 6) is 0.907. The van der Waals surface area contributed by atoms with E-state index in [2.05, 4.69) is 18.4 Å². The normalized spacial score (nSPS) is 10.0. The van der Waals surface area contributed by atoms with E-state index in [0.717, 1.165) is 17.7 Å². The molecule has 0 atom stereocenters. The number of benzene rings is 1. The van der Waals surface area contributed by atoms with Crippen LogP contribution >= 0.6 is 11.8 Å². The standard InChI is InChI=1S/C12H16O2S/c1-10(13)14-9-12-5-3-11(4-6-12)7-8-15-2/h3-6H,7-9H2,1-2H3. The van der Waals surface area contributed by atoms with Crippen LogP contribution in [0.2, 0.25) is 0 Å². The number of carbonyl (C=O) groups excluding carboxylic acids is 1. The highest BCUT2D eigenvalue weighted by atomic mass is 32.2. The summed E-state index contributed by atoms with van der Waals surface area (Å²) in [5, 5.41) is 0. The van der Waals surface area contributed by atoms with Crippen LogP contribution in [0.3, 0.4) is 0 Å². The van der Waals surface area contributed by atoms with Crippen LogP contribution in [-0.2, 0) is 22.6 Å². The van der Waals surface area contributed by atoms with Crippen molar-refractivity contribution in [3.8, 4) is 0 Å². The molecule has 0 N–H and O–H groups in total. The van der Waals surface area contributed by atoms with Gasteiger partial charge in [-0.3, -0.25) is 4.79 Å². The van der Waals surface area contributed by atoms with Gasteiger partial charge in [0.05, 0.1) is 0 Å². The van der Waals surface area contributed by atoms with Crippen LogP contribution in [-0.4, -0.2) is 18.0 Å². The molecule has 0 aromatic heterocycles. The smallest absolute Gasteiger partial charge is 0.302 e. The van der Waals surface area contributed by atoms with Gasteiger partial charge in [0, 0.05) is 6.92 Å². The Morgan fingerprint density at radius 3 is 2.40 bits per heavy atom. The Morgan fingerprint density at radius 2 is 1.87 bits per heavy atom. The average Bonchev–Trinajstić information content (AvgIpc) is 2.25. The first-order valence-electron chi connectivity index (χ1n) is 4.92. The van der Waals surface area contributed by atoms with E-state index in [1.54, 1.807) is 0 Å². The Balaban J connectivity index is 2.45. The van der Waals surface area contributed by atoms with Crippen molar-refractivity contribution in [1.29, 1.82) is 0 Å². The van der Waals surface area contributed by atoms with Gasteiger partial charge < -0.3 is 4.74 Å². The summed E-state index contributed by atoms with van der Waals surface area (Å²) >= 11 is 1.85. The van der Waals surface area contributed by atoms with Gasteiger partial charge in [-0.25, -0.2) is 0 Å². The van der Waals surface area contributed by atoms with Gasteiger partial charge in [0.25, 0.3) is 0 Å². The average molecular weight is 224 g/mol. The van der Waals surface area contributed by atoms with Crippen LogP contribution in [0, 0.1) is 0 Å². The molecule has 0 fully saturated rings. The second-order valence-electron chi connectivity index (χ2n) is 3.34. The molecule has 82 valence electrons. The fourth-order valence-electron chi connectivity index (χ4n) is 1.21. The highest BCUT2D eigenvalue weighted by Crippen LogP contribution is 2.08. The first-order chi connectivity index (χ1) is 7.22. The fourth-order valence-corrected chi connectivity index (χ4v) is 1.65. The topological polar surface area (TPSA) is 26.3 Å². The number of carbonyl (C=O) groups is 1. The largest absolute Gasteiger partial charge is 0.461 e. The summed E-state index contributed by atoms with van der Waals surface area (Å²) in [5.41, 5.74) is 2.37. The van der Waals surface area contributed by atoms with Crippen LogP contribution in [0.5, 0.6) is 0 Å². The highest BCUT2D eigenvalue weighted by Gasteiger charge is 1.97. The quantitative estimate of drug-likeness (QED) is 0.719. The van der Waals surface area contributed by atoms with Crippen molar-refractivity contribution in [2.45, 2.75) is 20.0 Å². The molecule has 0 radical (unpaired) electrons. The summed E-state index contributed by atoms with van der Waals surface area (Å²) in [6, 6.07) is 8.21.